The molecule has 1 N–H and O–H groups in total. The molecule has 0 unspecified atom stereocenters. The minimum atomic E-state index is 0.0452. The highest BCUT2D eigenvalue weighted by Gasteiger charge is 2.24. The summed E-state index contributed by atoms with van der Waals surface area (Å²) in [7, 11) is 2.05. The van der Waals surface area contributed by atoms with Crippen LogP contribution in [-0.2, 0) is 11.2 Å². The fourth-order valence-corrected chi connectivity index (χ4v) is 3.54. The number of benzene rings is 2. The van der Waals surface area contributed by atoms with Crippen molar-refractivity contribution in [3.8, 4) is 0 Å². The Balaban J connectivity index is 1.65. The average Bonchev–Trinajstić information content (AvgIpc) is 2.57. The van der Waals surface area contributed by atoms with Gasteiger partial charge in [-0.05, 0) is 74.5 Å². The molecule has 0 saturated heterocycles. The molecular formula is C21H26N2O. The second kappa shape index (κ2) is 7.18. The molecule has 1 atom stereocenters. The smallest absolute Gasteiger partial charge is 0.238 e. The number of hydrogen-bond acceptors (Lipinski definition) is 2. The molecule has 126 valence electrons. The van der Waals surface area contributed by atoms with E-state index in [0.717, 1.165) is 18.5 Å². The normalized spacial score (nSPS) is 16.8. The highest BCUT2D eigenvalue weighted by molar-refractivity contribution is 5.92. The quantitative estimate of drug-likeness (QED) is 0.912. The fraction of sp³-hybridized carbons (Fsp3) is 0.381. The van der Waals surface area contributed by atoms with Crippen LogP contribution in [0.5, 0.6) is 0 Å². The zero-order chi connectivity index (χ0) is 17.1. The maximum atomic E-state index is 12.4. The minimum Gasteiger partial charge on any atom is -0.325 e. The molecule has 1 aliphatic carbocycles. The summed E-state index contributed by atoms with van der Waals surface area (Å²) >= 11 is 0. The number of aryl methyl sites for hydroxylation is 3. The standard InChI is InChI=1S/C21H26N2O/c1-15-11-12-18(13-16(15)2)22-21(24)14-23(3)20-10-6-8-17-7-4-5-9-19(17)20/h4-5,7,9,11-13,20H,6,8,10,14H2,1-3H3,(H,22,24)/t20-/m0/s1. The first-order valence-corrected chi connectivity index (χ1v) is 8.70. The van der Waals surface area contributed by atoms with E-state index in [0.29, 0.717) is 12.6 Å². The monoisotopic (exact) mass is 322 g/mol. The van der Waals surface area contributed by atoms with Gasteiger partial charge >= 0.3 is 0 Å². The largest absolute Gasteiger partial charge is 0.325 e. The van der Waals surface area contributed by atoms with Crippen molar-refractivity contribution in [2.45, 2.75) is 39.2 Å². The van der Waals surface area contributed by atoms with Crippen LogP contribution in [-0.4, -0.2) is 24.4 Å². The van der Waals surface area contributed by atoms with Gasteiger partial charge < -0.3 is 5.32 Å². The first-order chi connectivity index (χ1) is 11.5. The van der Waals surface area contributed by atoms with Gasteiger partial charge in [0.15, 0.2) is 0 Å². The molecule has 0 aliphatic heterocycles. The van der Waals surface area contributed by atoms with Crippen molar-refractivity contribution in [1.82, 2.24) is 4.90 Å². The maximum Gasteiger partial charge on any atom is 0.238 e. The van der Waals surface area contributed by atoms with Gasteiger partial charge in [0.1, 0.15) is 0 Å². The van der Waals surface area contributed by atoms with Gasteiger partial charge in [0.25, 0.3) is 0 Å². The summed E-state index contributed by atoms with van der Waals surface area (Å²) in [6.07, 6.45) is 3.45. The van der Waals surface area contributed by atoms with Crippen LogP contribution < -0.4 is 5.32 Å². The third kappa shape index (κ3) is 3.68. The number of likely N-dealkylation sites (N-methyl/N-ethyl adjacent to an activating group) is 1. The van der Waals surface area contributed by atoms with Gasteiger partial charge in [-0.25, -0.2) is 0 Å². The highest BCUT2D eigenvalue weighted by Crippen LogP contribution is 2.33. The van der Waals surface area contributed by atoms with Crippen LogP contribution in [0.1, 0.15) is 41.1 Å². The summed E-state index contributed by atoms with van der Waals surface area (Å²) in [5, 5.41) is 3.02. The number of anilines is 1. The Morgan fingerprint density at radius 1 is 1.17 bits per heavy atom. The van der Waals surface area contributed by atoms with Crippen LogP contribution in [0.3, 0.4) is 0 Å². The van der Waals surface area contributed by atoms with Crippen LogP contribution in [0.25, 0.3) is 0 Å². The lowest BCUT2D eigenvalue weighted by atomic mass is 9.87. The second-order valence-corrected chi connectivity index (χ2v) is 6.87. The van der Waals surface area contributed by atoms with Crippen LogP contribution in [0.15, 0.2) is 42.5 Å². The van der Waals surface area contributed by atoms with Crippen molar-refractivity contribution in [3.05, 3.63) is 64.7 Å². The van der Waals surface area contributed by atoms with Gasteiger partial charge in [0, 0.05) is 11.7 Å². The average molecular weight is 322 g/mol. The van der Waals surface area contributed by atoms with E-state index in [9.17, 15) is 4.79 Å². The van der Waals surface area contributed by atoms with Gasteiger partial charge in [-0.1, -0.05) is 30.3 Å². The van der Waals surface area contributed by atoms with Crippen molar-refractivity contribution in [2.75, 3.05) is 18.9 Å². The van der Waals surface area contributed by atoms with E-state index in [-0.39, 0.29) is 5.91 Å². The van der Waals surface area contributed by atoms with Crippen LogP contribution in [0.4, 0.5) is 5.69 Å². The van der Waals surface area contributed by atoms with Gasteiger partial charge in [-0.2, -0.15) is 0 Å². The molecule has 0 fully saturated rings. The third-order valence-electron chi connectivity index (χ3n) is 5.05. The number of rotatable bonds is 4. The first-order valence-electron chi connectivity index (χ1n) is 8.70. The summed E-state index contributed by atoms with van der Waals surface area (Å²) in [6, 6.07) is 15.0. The summed E-state index contributed by atoms with van der Waals surface area (Å²) in [5.41, 5.74) is 6.12. The maximum absolute atomic E-state index is 12.4. The molecule has 3 rings (SSSR count). The zero-order valence-electron chi connectivity index (χ0n) is 14.8. The summed E-state index contributed by atoms with van der Waals surface area (Å²) < 4.78 is 0. The molecule has 3 nitrogen and oxygen atoms in total. The lowest BCUT2D eigenvalue weighted by molar-refractivity contribution is -0.117. The van der Waals surface area contributed by atoms with Crippen molar-refractivity contribution < 1.29 is 4.79 Å². The number of carbonyl (C=O) groups is 1. The molecule has 1 aliphatic rings. The third-order valence-corrected chi connectivity index (χ3v) is 5.05. The number of fused-ring (bicyclic) bond motifs is 1. The van der Waals surface area contributed by atoms with Gasteiger partial charge in [-0.15, -0.1) is 0 Å². The number of amides is 1. The molecular weight excluding hydrogens is 296 g/mol. The Morgan fingerprint density at radius 3 is 2.75 bits per heavy atom. The Labute approximate surface area is 144 Å². The second-order valence-electron chi connectivity index (χ2n) is 6.87. The van der Waals surface area contributed by atoms with E-state index in [1.165, 1.54) is 28.7 Å². The summed E-state index contributed by atoms with van der Waals surface area (Å²) in [6.45, 7) is 4.55. The van der Waals surface area contributed by atoms with Crippen LogP contribution in [0.2, 0.25) is 0 Å². The number of carbonyl (C=O) groups excluding carboxylic acids is 1. The number of hydrogen-bond donors (Lipinski definition) is 1. The van der Waals surface area contributed by atoms with Crippen molar-refractivity contribution in [2.24, 2.45) is 0 Å². The Kier molecular flexibility index (Phi) is 5.00. The van der Waals surface area contributed by atoms with E-state index in [1.807, 2.05) is 25.2 Å². The predicted octanol–water partition coefficient (Wildman–Crippen LogP) is 4.25. The molecule has 24 heavy (non-hydrogen) atoms. The van der Waals surface area contributed by atoms with E-state index >= 15 is 0 Å². The topological polar surface area (TPSA) is 32.3 Å². The lowest BCUT2D eigenvalue weighted by Gasteiger charge is -2.32. The molecule has 0 bridgehead atoms. The Bertz CT molecular complexity index is 738. The van der Waals surface area contributed by atoms with Gasteiger partial charge in [-0.3, -0.25) is 9.69 Å². The molecule has 1 amide bonds. The van der Waals surface area contributed by atoms with Crippen molar-refractivity contribution >= 4 is 11.6 Å². The predicted molar refractivity (Wildman–Crippen MR) is 99.3 cm³/mol. The molecule has 0 heterocycles. The zero-order valence-corrected chi connectivity index (χ0v) is 14.8. The molecule has 2 aromatic rings. The lowest BCUT2D eigenvalue weighted by Crippen LogP contribution is -2.34. The molecule has 3 heteroatoms. The highest BCUT2D eigenvalue weighted by atomic mass is 16.2. The molecule has 0 radical (unpaired) electrons. The SMILES string of the molecule is Cc1ccc(NC(=O)CN(C)[C@H]2CCCc3ccccc32)cc1C. The molecule has 0 aromatic heterocycles. The minimum absolute atomic E-state index is 0.0452. The molecule has 0 spiro atoms. The van der Waals surface area contributed by atoms with Crippen molar-refractivity contribution in [3.63, 3.8) is 0 Å². The molecule has 0 saturated carbocycles. The number of nitrogens with zero attached hydrogens (tertiary/aromatic N) is 1. The van der Waals surface area contributed by atoms with Crippen LogP contribution >= 0.6 is 0 Å². The first kappa shape index (κ1) is 16.7. The summed E-state index contributed by atoms with van der Waals surface area (Å²) in [5.74, 6) is 0.0452. The Hall–Kier alpha value is -2.13. The Morgan fingerprint density at radius 2 is 1.96 bits per heavy atom. The van der Waals surface area contributed by atoms with Gasteiger partial charge in [0.2, 0.25) is 5.91 Å². The van der Waals surface area contributed by atoms with E-state index < -0.39 is 0 Å². The van der Waals surface area contributed by atoms with E-state index in [2.05, 4.69) is 48.3 Å². The van der Waals surface area contributed by atoms with E-state index in [1.54, 1.807) is 0 Å². The van der Waals surface area contributed by atoms with Crippen LogP contribution in [0, 0.1) is 13.8 Å². The van der Waals surface area contributed by atoms with E-state index in [4.69, 9.17) is 0 Å². The fourth-order valence-electron chi connectivity index (χ4n) is 3.54. The molecule has 2 aromatic carbocycles. The van der Waals surface area contributed by atoms with Crippen molar-refractivity contribution in [1.29, 1.82) is 0 Å². The van der Waals surface area contributed by atoms with Gasteiger partial charge in [0.05, 0.1) is 6.54 Å². The summed E-state index contributed by atoms with van der Waals surface area (Å²) in [4.78, 5) is 14.6. The number of nitrogens with one attached hydrogen (secondary N) is 1.